The minimum Gasteiger partial charge on any atom is -0.346 e. The standard InChI is InChI=1S/C40H34ClF10N7O5S2/c1-37(2,64(4,60)61)11-10-22-6-7-23(24-8-9-27(41)31-33(24)58(18-38(44,45)46)55-36(31)56(3)65(5,62)63)32(52-22)28(14-19-12-20(42)15-21(43)13-19)53-29(59)17-57-35-30(34(54-57)40(49,50)51)25-16-26(25)39(35,47)48/h6-9,12-13,15,25-26,28H,14,16-18H2,1-5H3,(H,53,59)/t25-,26?,28-/m0/s1. The third-order valence-corrected chi connectivity index (χ3v) is 14.5. The lowest BCUT2D eigenvalue weighted by Crippen LogP contribution is -2.35. The first kappa shape index (κ1) is 47.5. The van der Waals surface area contributed by atoms with Crippen LogP contribution in [0.4, 0.5) is 49.7 Å². The Balaban J connectivity index is 1.46. The van der Waals surface area contributed by atoms with E-state index in [9.17, 15) is 56.8 Å². The number of alkyl halides is 8. The van der Waals surface area contributed by atoms with Crippen LogP contribution in [-0.2, 0) is 56.3 Å². The minimum atomic E-state index is -5.19. The van der Waals surface area contributed by atoms with Crippen molar-refractivity contribution in [1.29, 1.82) is 0 Å². The number of rotatable bonds is 11. The van der Waals surface area contributed by atoms with E-state index in [1.165, 1.54) is 38.1 Å². The van der Waals surface area contributed by atoms with E-state index >= 15 is 8.78 Å². The molecule has 0 spiro atoms. The number of nitrogens with one attached hydrogen (secondary N) is 1. The first-order chi connectivity index (χ1) is 29.8. The molecule has 348 valence electrons. The normalized spacial score (nSPS) is 17.6. The van der Waals surface area contributed by atoms with Crippen molar-refractivity contribution < 1.29 is 65.5 Å². The third-order valence-electron chi connectivity index (χ3n) is 11.1. The highest BCUT2D eigenvalue weighted by atomic mass is 35.5. The molecule has 2 aliphatic carbocycles. The Morgan fingerprint density at radius 2 is 1.60 bits per heavy atom. The molecule has 7 rings (SSSR count). The number of hydrogen-bond acceptors (Lipinski definition) is 8. The SMILES string of the molecule is CN(c1nn(CC(F)(F)F)c2c(-c3ccc(C#CC(C)(C)S(C)(=O)=O)nc3[C@H](Cc3cc(F)cc(F)c3)NC(=O)Cn3nc(C(F)(F)F)c4c3C(F)(F)C3C[C@H]43)ccc(Cl)c12)S(C)(=O)=O. The number of pyridine rings is 1. The summed E-state index contributed by atoms with van der Waals surface area (Å²) in [5.74, 6) is -5.32. The van der Waals surface area contributed by atoms with Crippen LogP contribution in [0.1, 0.15) is 66.1 Å². The molecule has 1 amide bonds. The van der Waals surface area contributed by atoms with Crippen LogP contribution >= 0.6 is 11.6 Å². The average Bonchev–Trinajstić information content (AvgIpc) is 3.66. The van der Waals surface area contributed by atoms with Crippen LogP contribution in [0.2, 0.25) is 5.02 Å². The van der Waals surface area contributed by atoms with Gasteiger partial charge in [-0.05, 0) is 74.4 Å². The number of aromatic nitrogens is 5. The summed E-state index contributed by atoms with van der Waals surface area (Å²) in [6.07, 6.45) is -9.40. The van der Waals surface area contributed by atoms with Crippen LogP contribution in [0, 0.1) is 29.4 Å². The van der Waals surface area contributed by atoms with Crippen LogP contribution in [0.5, 0.6) is 0 Å². The summed E-state index contributed by atoms with van der Waals surface area (Å²) in [4.78, 5) is 18.6. The van der Waals surface area contributed by atoms with Crippen molar-refractivity contribution in [2.45, 2.75) is 74.8 Å². The molecule has 0 bridgehead atoms. The molecule has 12 nitrogen and oxygen atoms in total. The van der Waals surface area contributed by atoms with E-state index in [1.54, 1.807) is 0 Å². The summed E-state index contributed by atoms with van der Waals surface area (Å²) in [5.41, 5.74) is -5.12. The first-order valence-electron chi connectivity index (χ1n) is 19.0. The van der Waals surface area contributed by atoms with Gasteiger partial charge in [-0.15, -0.1) is 0 Å². The van der Waals surface area contributed by atoms with E-state index in [-0.39, 0.29) is 49.6 Å². The molecular weight excluding hydrogens is 948 g/mol. The predicted molar refractivity (Wildman–Crippen MR) is 216 cm³/mol. The van der Waals surface area contributed by atoms with Gasteiger partial charge in [-0.1, -0.05) is 23.6 Å². The number of halogens is 11. The van der Waals surface area contributed by atoms with Crippen LogP contribution in [-0.4, -0.2) is 77.8 Å². The molecule has 5 aromatic rings. The Bertz CT molecular complexity index is 3070. The van der Waals surface area contributed by atoms with Gasteiger partial charge in [-0.3, -0.25) is 18.5 Å². The van der Waals surface area contributed by atoms with E-state index in [0.717, 1.165) is 31.7 Å². The molecule has 65 heavy (non-hydrogen) atoms. The molecule has 3 aromatic heterocycles. The second kappa shape index (κ2) is 15.9. The lowest BCUT2D eigenvalue weighted by Gasteiger charge is -2.23. The highest BCUT2D eigenvalue weighted by molar-refractivity contribution is 7.92. The van der Waals surface area contributed by atoms with Gasteiger partial charge in [0.1, 0.15) is 40.9 Å². The molecule has 2 aromatic carbocycles. The summed E-state index contributed by atoms with van der Waals surface area (Å²) < 4.78 is 195. The van der Waals surface area contributed by atoms with Crippen molar-refractivity contribution in [2.24, 2.45) is 5.92 Å². The van der Waals surface area contributed by atoms with E-state index in [2.05, 4.69) is 32.3 Å². The molecule has 1 unspecified atom stereocenters. The highest BCUT2D eigenvalue weighted by Crippen LogP contribution is 2.68. The van der Waals surface area contributed by atoms with Crippen molar-refractivity contribution in [1.82, 2.24) is 29.9 Å². The number of benzene rings is 2. The van der Waals surface area contributed by atoms with Crippen molar-refractivity contribution in [3.05, 3.63) is 93.0 Å². The molecule has 1 N–H and O–H groups in total. The van der Waals surface area contributed by atoms with Gasteiger partial charge in [0, 0.05) is 42.0 Å². The number of carbonyl (C=O) groups is 1. The van der Waals surface area contributed by atoms with E-state index in [1.807, 2.05) is 0 Å². The minimum absolute atomic E-state index is 0.190. The Labute approximate surface area is 368 Å². The zero-order chi connectivity index (χ0) is 48.1. The maximum atomic E-state index is 15.5. The summed E-state index contributed by atoms with van der Waals surface area (Å²) in [6.45, 7) is -0.534. The number of carbonyl (C=O) groups excluding carboxylic acids is 1. The molecule has 2 aliphatic rings. The Morgan fingerprint density at radius 3 is 2.18 bits per heavy atom. The average molecular weight is 982 g/mol. The summed E-state index contributed by atoms with van der Waals surface area (Å²) >= 11 is 6.53. The molecule has 0 saturated heterocycles. The van der Waals surface area contributed by atoms with Gasteiger partial charge in [0.05, 0.1) is 33.9 Å². The van der Waals surface area contributed by atoms with Gasteiger partial charge in [0.2, 0.25) is 15.9 Å². The summed E-state index contributed by atoms with van der Waals surface area (Å²) in [5, 5.41) is 9.20. The maximum Gasteiger partial charge on any atom is 0.435 e. The second-order valence-electron chi connectivity index (χ2n) is 16.2. The van der Waals surface area contributed by atoms with Crippen molar-refractivity contribution in [2.75, 3.05) is 23.9 Å². The highest BCUT2D eigenvalue weighted by Gasteiger charge is 2.68. The van der Waals surface area contributed by atoms with Crippen LogP contribution in [0.3, 0.4) is 0 Å². The molecular formula is C40H34ClF10N7O5S2. The lowest BCUT2D eigenvalue weighted by molar-refractivity contribution is -0.143. The molecule has 1 fully saturated rings. The molecule has 1 saturated carbocycles. The topological polar surface area (TPSA) is 149 Å². The van der Waals surface area contributed by atoms with Gasteiger partial charge in [0.25, 0.3) is 5.92 Å². The Hall–Kier alpha value is -5.41. The number of fused-ring (bicyclic) bond motifs is 4. The number of hydrogen-bond donors (Lipinski definition) is 1. The molecule has 3 atom stereocenters. The largest absolute Gasteiger partial charge is 0.435 e. The fourth-order valence-corrected chi connectivity index (χ4v) is 8.55. The van der Waals surface area contributed by atoms with Gasteiger partial charge < -0.3 is 5.32 Å². The van der Waals surface area contributed by atoms with E-state index < -0.39 is 126 Å². The predicted octanol–water partition coefficient (Wildman–Crippen LogP) is 7.69. The smallest absolute Gasteiger partial charge is 0.346 e. The number of sulfone groups is 1. The number of nitrogens with zero attached hydrogens (tertiary/aromatic N) is 6. The first-order valence-corrected chi connectivity index (χ1v) is 23.1. The van der Waals surface area contributed by atoms with Gasteiger partial charge >= 0.3 is 12.4 Å². The monoisotopic (exact) mass is 981 g/mol. The van der Waals surface area contributed by atoms with Crippen molar-refractivity contribution in [3.63, 3.8) is 0 Å². The number of amides is 1. The van der Waals surface area contributed by atoms with Crippen molar-refractivity contribution >= 4 is 54.1 Å². The van der Waals surface area contributed by atoms with Crippen LogP contribution < -0.4 is 9.62 Å². The van der Waals surface area contributed by atoms with E-state index in [0.29, 0.717) is 15.1 Å². The zero-order valence-corrected chi connectivity index (χ0v) is 36.7. The Morgan fingerprint density at radius 1 is 0.969 bits per heavy atom. The van der Waals surface area contributed by atoms with Gasteiger partial charge in [-0.25, -0.2) is 30.6 Å². The van der Waals surface area contributed by atoms with E-state index in [4.69, 9.17) is 11.6 Å². The van der Waals surface area contributed by atoms with Crippen LogP contribution in [0.25, 0.3) is 22.0 Å². The Kier molecular flexibility index (Phi) is 11.6. The lowest BCUT2D eigenvalue weighted by atomic mass is 9.93. The number of anilines is 1. The summed E-state index contributed by atoms with van der Waals surface area (Å²) in [7, 11) is -7.05. The zero-order valence-electron chi connectivity index (χ0n) is 34.3. The molecule has 3 heterocycles. The van der Waals surface area contributed by atoms with Crippen molar-refractivity contribution in [3.8, 4) is 23.0 Å². The summed E-state index contributed by atoms with van der Waals surface area (Å²) in [6, 6.07) is 5.30. The molecule has 0 aliphatic heterocycles. The fraction of sp³-hybridized carbons (Fsp3) is 0.400. The van der Waals surface area contributed by atoms with Crippen LogP contribution in [0.15, 0.2) is 42.5 Å². The molecule has 25 heteroatoms. The maximum absolute atomic E-state index is 15.5. The quantitative estimate of drug-likeness (QED) is 0.105. The third kappa shape index (κ3) is 9.23. The van der Waals surface area contributed by atoms with Gasteiger partial charge in [-0.2, -0.15) is 45.3 Å². The van der Waals surface area contributed by atoms with Gasteiger partial charge in [0.15, 0.2) is 21.3 Å². The fourth-order valence-electron chi connectivity index (χ4n) is 7.64. The molecule has 0 radical (unpaired) electrons. The number of sulfonamides is 1. The second-order valence-corrected chi connectivity index (χ2v) is 21.2.